The third-order valence-electron chi connectivity index (χ3n) is 4.50. The Hall–Kier alpha value is -3.06. The predicted molar refractivity (Wildman–Crippen MR) is 108 cm³/mol. The maximum absolute atomic E-state index is 13.0. The summed E-state index contributed by atoms with van der Waals surface area (Å²) in [5.41, 5.74) is 1.68. The Balaban J connectivity index is 1.88. The first kappa shape index (κ1) is 20.7. The number of sulfone groups is 1. The Bertz CT molecular complexity index is 1030. The summed E-state index contributed by atoms with van der Waals surface area (Å²) in [7, 11) is -4.83. The molecule has 1 amide bonds. The SMILES string of the molecule is O=C(CC(c1ccccc1)c1ccccc1)Nc1ccccc1S(=O)(=O)C(F)F. The van der Waals surface area contributed by atoms with Crippen LogP contribution in [0.15, 0.2) is 89.8 Å². The molecular weight excluding hydrogens is 396 g/mol. The Morgan fingerprint density at radius 1 is 0.793 bits per heavy atom. The van der Waals surface area contributed by atoms with Crippen LogP contribution in [0, 0.1) is 0 Å². The highest BCUT2D eigenvalue weighted by molar-refractivity contribution is 7.91. The first-order valence-corrected chi connectivity index (χ1v) is 10.4. The first-order valence-electron chi connectivity index (χ1n) is 8.90. The molecule has 0 aliphatic rings. The number of hydrogen-bond donors (Lipinski definition) is 1. The van der Waals surface area contributed by atoms with E-state index >= 15 is 0 Å². The minimum absolute atomic E-state index is 0.0249. The molecule has 0 aromatic heterocycles. The number of para-hydroxylation sites is 1. The molecule has 0 atom stereocenters. The summed E-state index contributed by atoms with van der Waals surface area (Å²) in [6.07, 6.45) is 0.0249. The fraction of sp³-hybridized carbons (Fsp3) is 0.136. The van der Waals surface area contributed by atoms with E-state index in [-0.39, 0.29) is 18.0 Å². The van der Waals surface area contributed by atoms with Gasteiger partial charge in [0.15, 0.2) is 0 Å². The van der Waals surface area contributed by atoms with Crippen LogP contribution in [0.1, 0.15) is 23.5 Å². The van der Waals surface area contributed by atoms with Gasteiger partial charge in [-0.3, -0.25) is 4.79 Å². The molecule has 0 aliphatic heterocycles. The summed E-state index contributed by atoms with van der Waals surface area (Å²) in [5.74, 6) is -4.31. The number of alkyl halides is 2. The number of anilines is 1. The van der Waals surface area contributed by atoms with Crippen molar-refractivity contribution < 1.29 is 22.0 Å². The number of rotatable bonds is 7. The fourth-order valence-corrected chi connectivity index (χ4v) is 3.99. The second-order valence-electron chi connectivity index (χ2n) is 6.43. The highest BCUT2D eigenvalue weighted by atomic mass is 32.2. The normalized spacial score (nSPS) is 11.6. The number of halogens is 2. The molecule has 0 saturated carbocycles. The van der Waals surface area contributed by atoms with Gasteiger partial charge in [0.2, 0.25) is 15.7 Å². The maximum atomic E-state index is 13.0. The van der Waals surface area contributed by atoms with Gasteiger partial charge in [0.25, 0.3) is 0 Å². The molecule has 4 nitrogen and oxygen atoms in total. The van der Waals surface area contributed by atoms with Crippen LogP contribution >= 0.6 is 0 Å². The van der Waals surface area contributed by atoms with Crippen molar-refractivity contribution >= 4 is 21.4 Å². The standard InChI is InChI=1S/C22H19F2NO3S/c23-22(24)29(27,28)20-14-8-7-13-19(20)25-21(26)15-18(16-9-3-1-4-10-16)17-11-5-2-6-12-17/h1-14,18,22H,15H2,(H,25,26). The molecular formula is C22H19F2NO3S. The lowest BCUT2D eigenvalue weighted by molar-refractivity contribution is -0.116. The van der Waals surface area contributed by atoms with Crippen molar-refractivity contribution in [3.8, 4) is 0 Å². The summed E-state index contributed by atoms with van der Waals surface area (Å²) in [6.45, 7) is 0. The van der Waals surface area contributed by atoms with E-state index in [9.17, 15) is 22.0 Å². The number of carbonyl (C=O) groups excluding carboxylic acids is 1. The van der Waals surface area contributed by atoms with Crippen molar-refractivity contribution in [1.82, 2.24) is 0 Å². The largest absolute Gasteiger partial charge is 0.341 e. The second kappa shape index (κ2) is 8.96. The van der Waals surface area contributed by atoms with Crippen molar-refractivity contribution in [2.45, 2.75) is 23.0 Å². The molecule has 3 aromatic carbocycles. The molecule has 0 radical (unpaired) electrons. The highest BCUT2D eigenvalue weighted by Gasteiger charge is 2.29. The van der Waals surface area contributed by atoms with Gasteiger partial charge in [0, 0.05) is 12.3 Å². The van der Waals surface area contributed by atoms with E-state index < -0.39 is 26.4 Å². The van der Waals surface area contributed by atoms with Crippen molar-refractivity contribution in [1.29, 1.82) is 0 Å². The monoisotopic (exact) mass is 415 g/mol. The van der Waals surface area contributed by atoms with Gasteiger partial charge in [-0.1, -0.05) is 72.8 Å². The van der Waals surface area contributed by atoms with Crippen LogP contribution in [-0.2, 0) is 14.6 Å². The van der Waals surface area contributed by atoms with Gasteiger partial charge in [0.1, 0.15) is 0 Å². The highest BCUT2D eigenvalue weighted by Crippen LogP contribution is 2.30. The van der Waals surface area contributed by atoms with Crippen molar-refractivity contribution in [3.05, 3.63) is 96.1 Å². The quantitative estimate of drug-likeness (QED) is 0.600. The zero-order chi connectivity index (χ0) is 20.9. The van der Waals surface area contributed by atoms with E-state index in [1.165, 1.54) is 18.2 Å². The van der Waals surface area contributed by atoms with Crippen LogP contribution in [0.5, 0.6) is 0 Å². The number of benzene rings is 3. The molecule has 0 fully saturated rings. The van der Waals surface area contributed by atoms with Crippen molar-refractivity contribution in [3.63, 3.8) is 0 Å². The maximum Gasteiger partial charge on any atom is 0.341 e. The number of hydrogen-bond acceptors (Lipinski definition) is 3. The molecule has 0 spiro atoms. The van der Waals surface area contributed by atoms with Gasteiger partial charge in [-0.05, 0) is 23.3 Å². The van der Waals surface area contributed by atoms with Crippen LogP contribution in [0.25, 0.3) is 0 Å². The topological polar surface area (TPSA) is 63.2 Å². The zero-order valence-electron chi connectivity index (χ0n) is 15.3. The van der Waals surface area contributed by atoms with Gasteiger partial charge in [-0.25, -0.2) is 8.42 Å². The summed E-state index contributed by atoms with van der Waals surface area (Å²) in [5, 5.41) is 2.49. The number of carbonyl (C=O) groups is 1. The Morgan fingerprint density at radius 2 is 1.28 bits per heavy atom. The van der Waals surface area contributed by atoms with E-state index in [4.69, 9.17) is 0 Å². The van der Waals surface area contributed by atoms with Crippen molar-refractivity contribution in [2.24, 2.45) is 0 Å². The average molecular weight is 415 g/mol. The summed E-state index contributed by atoms with van der Waals surface area (Å²) in [6, 6.07) is 24.0. The van der Waals surface area contributed by atoms with Crippen LogP contribution in [0.4, 0.5) is 14.5 Å². The smallest absolute Gasteiger partial charge is 0.325 e. The Labute approximate surface area is 168 Å². The van der Waals surface area contributed by atoms with Crippen LogP contribution in [0.3, 0.4) is 0 Å². The summed E-state index contributed by atoms with van der Waals surface area (Å²) < 4.78 is 49.7. The Morgan fingerprint density at radius 3 is 1.79 bits per heavy atom. The van der Waals surface area contributed by atoms with Crippen LogP contribution < -0.4 is 5.32 Å². The number of nitrogens with one attached hydrogen (secondary N) is 1. The lowest BCUT2D eigenvalue weighted by atomic mass is 9.88. The second-order valence-corrected chi connectivity index (χ2v) is 8.31. The van der Waals surface area contributed by atoms with E-state index in [0.29, 0.717) is 0 Å². The van der Waals surface area contributed by atoms with Crippen LogP contribution in [-0.4, -0.2) is 20.1 Å². The van der Waals surface area contributed by atoms with Gasteiger partial charge < -0.3 is 5.32 Å². The molecule has 0 saturated heterocycles. The molecule has 0 heterocycles. The lowest BCUT2D eigenvalue weighted by Crippen LogP contribution is -2.19. The molecule has 3 rings (SSSR count). The molecule has 150 valence electrons. The molecule has 29 heavy (non-hydrogen) atoms. The molecule has 3 aromatic rings. The average Bonchev–Trinajstić information content (AvgIpc) is 2.73. The Kier molecular flexibility index (Phi) is 6.39. The van der Waals surface area contributed by atoms with E-state index in [2.05, 4.69) is 5.32 Å². The third kappa shape index (κ3) is 4.86. The molecule has 1 N–H and O–H groups in total. The van der Waals surface area contributed by atoms with E-state index in [1.54, 1.807) is 0 Å². The van der Waals surface area contributed by atoms with Gasteiger partial charge in [-0.15, -0.1) is 0 Å². The van der Waals surface area contributed by atoms with Crippen molar-refractivity contribution in [2.75, 3.05) is 5.32 Å². The molecule has 0 aliphatic carbocycles. The van der Waals surface area contributed by atoms with E-state index in [1.807, 2.05) is 60.7 Å². The molecule has 0 bridgehead atoms. The summed E-state index contributed by atoms with van der Waals surface area (Å²) in [4.78, 5) is 12.1. The van der Waals surface area contributed by atoms with Gasteiger partial charge >= 0.3 is 5.76 Å². The zero-order valence-corrected chi connectivity index (χ0v) is 16.2. The van der Waals surface area contributed by atoms with Gasteiger partial charge in [-0.2, -0.15) is 8.78 Å². The van der Waals surface area contributed by atoms with Crippen LogP contribution in [0.2, 0.25) is 0 Å². The van der Waals surface area contributed by atoms with Gasteiger partial charge in [0.05, 0.1) is 10.6 Å². The third-order valence-corrected chi connectivity index (χ3v) is 5.93. The fourth-order valence-electron chi connectivity index (χ4n) is 3.10. The molecule has 0 unspecified atom stereocenters. The van der Waals surface area contributed by atoms with E-state index in [0.717, 1.165) is 17.2 Å². The minimum atomic E-state index is -4.83. The molecule has 7 heteroatoms. The minimum Gasteiger partial charge on any atom is -0.325 e. The summed E-state index contributed by atoms with van der Waals surface area (Å²) >= 11 is 0. The number of amides is 1. The first-order chi connectivity index (χ1) is 13.9. The predicted octanol–water partition coefficient (Wildman–Crippen LogP) is 4.84. The lowest BCUT2D eigenvalue weighted by Gasteiger charge is -2.18.